The Bertz CT molecular complexity index is 341. The number of hydrogen-bond acceptors (Lipinski definition) is 4. The van der Waals surface area contributed by atoms with Gasteiger partial charge in [0.15, 0.2) is 6.04 Å². The molecule has 0 aromatic heterocycles. The molecule has 0 unspecified atom stereocenters. The first kappa shape index (κ1) is 15.2. The van der Waals surface area contributed by atoms with Gasteiger partial charge < -0.3 is 25.7 Å². The van der Waals surface area contributed by atoms with Crippen molar-refractivity contribution in [2.45, 2.75) is 25.3 Å². The number of aliphatic carboxylic acids is 1. The zero-order valence-corrected chi connectivity index (χ0v) is 10.6. The first-order valence-electron chi connectivity index (χ1n) is 6.20. The van der Waals surface area contributed by atoms with Crippen LogP contribution in [0.15, 0.2) is 0 Å². The molecule has 1 heterocycles. The zero-order valence-electron chi connectivity index (χ0n) is 10.6. The van der Waals surface area contributed by atoms with E-state index in [0.717, 1.165) is 19.3 Å². The summed E-state index contributed by atoms with van der Waals surface area (Å²) in [5.74, 6) is -1.52. The predicted molar refractivity (Wildman–Crippen MR) is 65.5 cm³/mol. The number of likely N-dealkylation sites (tertiary alicyclic amines) is 1. The topological polar surface area (TPSA) is 119 Å². The van der Waals surface area contributed by atoms with Gasteiger partial charge in [-0.25, -0.2) is 9.59 Å². The van der Waals surface area contributed by atoms with Crippen LogP contribution in [0.25, 0.3) is 0 Å². The monoisotopic (exact) mass is 273 g/mol. The highest BCUT2D eigenvalue weighted by atomic mass is 16.4. The first-order chi connectivity index (χ1) is 9.04. The van der Waals surface area contributed by atoms with E-state index in [1.165, 1.54) is 0 Å². The van der Waals surface area contributed by atoms with Crippen molar-refractivity contribution in [1.82, 2.24) is 15.5 Å². The van der Waals surface area contributed by atoms with Gasteiger partial charge in [0.25, 0.3) is 0 Å². The van der Waals surface area contributed by atoms with E-state index in [0.29, 0.717) is 13.1 Å². The molecule has 0 radical (unpaired) electrons. The molecule has 1 saturated heterocycles. The minimum Gasteiger partial charge on any atom is -0.480 e. The molecule has 8 nitrogen and oxygen atoms in total. The largest absolute Gasteiger partial charge is 0.480 e. The Balaban J connectivity index is 2.29. The second kappa shape index (κ2) is 7.57. The smallest absolute Gasteiger partial charge is 0.328 e. The van der Waals surface area contributed by atoms with Gasteiger partial charge in [0, 0.05) is 13.1 Å². The quantitative estimate of drug-likeness (QED) is 0.498. The molecular weight excluding hydrogens is 254 g/mol. The van der Waals surface area contributed by atoms with E-state index in [1.807, 2.05) is 0 Å². The number of carbonyl (C=O) groups is 3. The molecule has 1 aliphatic heterocycles. The van der Waals surface area contributed by atoms with E-state index < -0.39 is 24.6 Å². The summed E-state index contributed by atoms with van der Waals surface area (Å²) in [6.07, 6.45) is 3.03. The lowest BCUT2D eigenvalue weighted by Crippen LogP contribution is -2.50. The number of rotatable bonds is 5. The standard InChI is InChI=1S/C11H19N3O5/c15-7-8(10(17)18)13-11(19)12-6-9(16)14-4-2-1-3-5-14/h8,15H,1-7H2,(H,17,18)(H2,12,13,19)/t8-/m1/s1. The fourth-order valence-corrected chi connectivity index (χ4v) is 1.81. The number of carboxylic acids is 1. The Morgan fingerprint density at radius 3 is 2.32 bits per heavy atom. The Kier molecular flexibility index (Phi) is 6.07. The lowest BCUT2D eigenvalue weighted by atomic mass is 10.1. The summed E-state index contributed by atoms with van der Waals surface area (Å²) >= 11 is 0. The number of carbonyl (C=O) groups excluding carboxylic acids is 2. The Hall–Kier alpha value is -1.83. The summed E-state index contributed by atoms with van der Waals surface area (Å²) < 4.78 is 0. The van der Waals surface area contributed by atoms with Crippen LogP contribution in [0.5, 0.6) is 0 Å². The number of carboxylic acid groups (broad SMARTS) is 1. The number of aliphatic hydroxyl groups excluding tert-OH is 1. The number of urea groups is 1. The fraction of sp³-hybridized carbons (Fsp3) is 0.727. The minimum absolute atomic E-state index is 0.177. The predicted octanol–water partition coefficient (Wildman–Crippen LogP) is -1.26. The molecule has 8 heteroatoms. The number of amides is 3. The number of aliphatic hydroxyl groups is 1. The highest BCUT2D eigenvalue weighted by molar-refractivity contribution is 5.86. The molecule has 1 atom stereocenters. The van der Waals surface area contributed by atoms with E-state index in [-0.39, 0.29) is 12.5 Å². The molecule has 0 bridgehead atoms. The van der Waals surface area contributed by atoms with Crippen molar-refractivity contribution in [3.63, 3.8) is 0 Å². The van der Waals surface area contributed by atoms with Crippen LogP contribution in [-0.4, -0.2) is 65.3 Å². The summed E-state index contributed by atoms with van der Waals surface area (Å²) in [6, 6.07) is -2.16. The van der Waals surface area contributed by atoms with Crippen LogP contribution in [-0.2, 0) is 9.59 Å². The van der Waals surface area contributed by atoms with Crippen LogP contribution >= 0.6 is 0 Å². The van der Waals surface area contributed by atoms with Crippen molar-refractivity contribution in [3.05, 3.63) is 0 Å². The van der Waals surface area contributed by atoms with E-state index in [2.05, 4.69) is 10.6 Å². The van der Waals surface area contributed by atoms with Crippen molar-refractivity contribution >= 4 is 17.9 Å². The van der Waals surface area contributed by atoms with Gasteiger partial charge in [0.2, 0.25) is 5.91 Å². The third kappa shape index (κ3) is 5.12. The number of piperidine rings is 1. The lowest BCUT2D eigenvalue weighted by Gasteiger charge is -2.26. The van der Waals surface area contributed by atoms with Crippen LogP contribution < -0.4 is 10.6 Å². The maximum absolute atomic E-state index is 11.7. The van der Waals surface area contributed by atoms with Crippen molar-refractivity contribution in [2.24, 2.45) is 0 Å². The molecule has 0 spiro atoms. The summed E-state index contributed by atoms with van der Waals surface area (Å²) in [6.45, 7) is 0.499. The SMILES string of the molecule is O=C(NCC(=O)N1CCCCC1)N[C@H](CO)C(=O)O. The molecule has 1 fully saturated rings. The van der Waals surface area contributed by atoms with Crippen molar-refractivity contribution in [3.8, 4) is 0 Å². The first-order valence-corrected chi connectivity index (χ1v) is 6.20. The molecule has 0 aromatic rings. The normalized spacial score (nSPS) is 16.6. The van der Waals surface area contributed by atoms with Crippen molar-refractivity contribution in [2.75, 3.05) is 26.2 Å². The molecule has 0 saturated carbocycles. The van der Waals surface area contributed by atoms with Gasteiger partial charge in [0.05, 0.1) is 13.2 Å². The van der Waals surface area contributed by atoms with Crippen LogP contribution in [0.3, 0.4) is 0 Å². The number of nitrogens with zero attached hydrogens (tertiary/aromatic N) is 1. The molecule has 108 valence electrons. The van der Waals surface area contributed by atoms with Gasteiger partial charge in [-0.1, -0.05) is 0 Å². The van der Waals surface area contributed by atoms with Crippen LogP contribution in [0.2, 0.25) is 0 Å². The second-order valence-electron chi connectivity index (χ2n) is 4.34. The minimum atomic E-state index is -1.37. The van der Waals surface area contributed by atoms with E-state index in [1.54, 1.807) is 4.90 Å². The molecule has 3 amide bonds. The molecule has 1 rings (SSSR count). The van der Waals surface area contributed by atoms with Gasteiger partial charge in [0.1, 0.15) is 0 Å². The molecule has 1 aliphatic rings. The van der Waals surface area contributed by atoms with Gasteiger partial charge in [-0.2, -0.15) is 0 Å². The molecule has 0 aliphatic carbocycles. The summed E-state index contributed by atoms with van der Waals surface area (Å²) in [4.78, 5) is 35.3. The average molecular weight is 273 g/mol. The van der Waals surface area contributed by atoms with Gasteiger partial charge >= 0.3 is 12.0 Å². The van der Waals surface area contributed by atoms with Gasteiger partial charge in [-0.3, -0.25) is 4.79 Å². The highest BCUT2D eigenvalue weighted by Crippen LogP contribution is 2.08. The van der Waals surface area contributed by atoms with Crippen molar-refractivity contribution in [1.29, 1.82) is 0 Å². The maximum Gasteiger partial charge on any atom is 0.328 e. The third-order valence-corrected chi connectivity index (χ3v) is 2.89. The fourth-order valence-electron chi connectivity index (χ4n) is 1.81. The maximum atomic E-state index is 11.7. The Morgan fingerprint density at radius 1 is 1.16 bits per heavy atom. The van der Waals surface area contributed by atoms with Crippen LogP contribution in [0.4, 0.5) is 4.79 Å². The molecular formula is C11H19N3O5. The lowest BCUT2D eigenvalue weighted by molar-refractivity contribution is -0.140. The summed E-state index contributed by atoms with van der Waals surface area (Å²) in [5.41, 5.74) is 0. The summed E-state index contributed by atoms with van der Waals surface area (Å²) in [7, 11) is 0. The summed E-state index contributed by atoms with van der Waals surface area (Å²) in [5, 5.41) is 21.7. The number of nitrogens with one attached hydrogen (secondary N) is 2. The van der Waals surface area contributed by atoms with Gasteiger partial charge in [-0.05, 0) is 19.3 Å². The Morgan fingerprint density at radius 2 is 1.79 bits per heavy atom. The third-order valence-electron chi connectivity index (χ3n) is 2.89. The molecule has 19 heavy (non-hydrogen) atoms. The number of hydrogen-bond donors (Lipinski definition) is 4. The van der Waals surface area contributed by atoms with Crippen molar-refractivity contribution < 1.29 is 24.6 Å². The average Bonchev–Trinajstić information content (AvgIpc) is 2.42. The van der Waals surface area contributed by atoms with Gasteiger partial charge in [-0.15, -0.1) is 0 Å². The van der Waals surface area contributed by atoms with Crippen LogP contribution in [0, 0.1) is 0 Å². The molecule has 4 N–H and O–H groups in total. The zero-order chi connectivity index (χ0) is 14.3. The van der Waals surface area contributed by atoms with Crippen LogP contribution in [0.1, 0.15) is 19.3 Å². The van der Waals surface area contributed by atoms with E-state index >= 15 is 0 Å². The van der Waals surface area contributed by atoms with E-state index in [4.69, 9.17) is 10.2 Å². The highest BCUT2D eigenvalue weighted by Gasteiger charge is 2.20. The van der Waals surface area contributed by atoms with E-state index in [9.17, 15) is 14.4 Å². The Labute approximate surface area is 110 Å². The second-order valence-corrected chi connectivity index (χ2v) is 4.34. The molecule has 0 aromatic carbocycles.